The normalized spacial score (nSPS) is 26.3. The average Bonchev–Trinajstić information content (AvgIpc) is 2.40. The van der Waals surface area contributed by atoms with E-state index in [2.05, 4.69) is 24.1 Å². The average molecular weight is 264 g/mol. The molecule has 0 amide bonds. The van der Waals surface area contributed by atoms with Crippen molar-refractivity contribution >= 4 is 0 Å². The summed E-state index contributed by atoms with van der Waals surface area (Å²) in [4.78, 5) is 2.51. The molecule has 2 rings (SSSR count). The quantitative estimate of drug-likeness (QED) is 0.897. The zero-order chi connectivity index (χ0) is 13.8. The predicted molar refractivity (Wildman–Crippen MR) is 77.7 cm³/mol. The van der Waals surface area contributed by atoms with Crippen LogP contribution in [0.5, 0.6) is 0 Å². The van der Waals surface area contributed by atoms with Crippen molar-refractivity contribution in [3.05, 3.63) is 35.6 Å². The fraction of sp³-hybridized carbons (Fsp3) is 0.625. The third-order valence-corrected chi connectivity index (χ3v) is 4.40. The first-order chi connectivity index (χ1) is 9.13. The lowest BCUT2D eigenvalue weighted by atomic mass is 9.95. The maximum absolute atomic E-state index is 13.9. The molecule has 1 aliphatic rings. The number of piperidine rings is 1. The molecule has 1 saturated heterocycles. The highest BCUT2D eigenvalue weighted by Crippen LogP contribution is 2.26. The van der Waals surface area contributed by atoms with Crippen molar-refractivity contribution in [2.75, 3.05) is 13.6 Å². The Hall–Kier alpha value is -0.930. The third kappa shape index (κ3) is 3.34. The number of nitrogens with one attached hydrogen (secondary N) is 1. The van der Waals surface area contributed by atoms with Crippen LogP contribution in [0, 0.1) is 5.82 Å². The smallest absolute Gasteiger partial charge is 0.128 e. The lowest BCUT2D eigenvalue weighted by molar-refractivity contribution is 0.0915. The Morgan fingerprint density at radius 2 is 1.89 bits per heavy atom. The van der Waals surface area contributed by atoms with Crippen LogP contribution in [-0.2, 0) is 0 Å². The summed E-state index contributed by atoms with van der Waals surface area (Å²) in [7, 11) is 1.91. The summed E-state index contributed by atoms with van der Waals surface area (Å²) >= 11 is 0. The number of nitrogens with zero attached hydrogens (tertiary/aromatic N) is 1. The van der Waals surface area contributed by atoms with Gasteiger partial charge in [-0.1, -0.05) is 24.6 Å². The molecule has 1 fully saturated rings. The summed E-state index contributed by atoms with van der Waals surface area (Å²) in [6.45, 7) is 5.44. The van der Waals surface area contributed by atoms with Gasteiger partial charge in [0.2, 0.25) is 0 Å². The van der Waals surface area contributed by atoms with Gasteiger partial charge in [0.15, 0.2) is 0 Å². The van der Waals surface area contributed by atoms with Gasteiger partial charge < -0.3 is 5.32 Å². The van der Waals surface area contributed by atoms with E-state index in [1.165, 1.54) is 19.3 Å². The Morgan fingerprint density at radius 3 is 2.47 bits per heavy atom. The third-order valence-electron chi connectivity index (χ3n) is 4.40. The predicted octanol–water partition coefficient (Wildman–Crippen LogP) is 3.35. The minimum absolute atomic E-state index is 0.0594. The molecule has 0 aliphatic carbocycles. The molecular formula is C16H25FN2. The van der Waals surface area contributed by atoms with Crippen LogP contribution in [-0.4, -0.2) is 30.6 Å². The molecule has 3 heteroatoms. The minimum atomic E-state index is -0.112. The number of halogens is 1. The standard InChI is InChI=1S/C16H25FN2/c1-12-7-6-8-13(2)19(12)11-16(18-3)14-9-4-5-10-15(14)17/h4-5,9-10,12-13,16,18H,6-8,11H2,1-3H3/t12-,13+,16?. The highest BCUT2D eigenvalue weighted by atomic mass is 19.1. The van der Waals surface area contributed by atoms with Gasteiger partial charge in [0.25, 0.3) is 0 Å². The number of likely N-dealkylation sites (tertiary alicyclic amines) is 1. The lowest BCUT2D eigenvalue weighted by Crippen LogP contribution is -2.47. The van der Waals surface area contributed by atoms with Crippen LogP contribution in [0.2, 0.25) is 0 Å². The molecule has 19 heavy (non-hydrogen) atoms. The molecular weight excluding hydrogens is 239 g/mol. The molecule has 106 valence electrons. The van der Waals surface area contributed by atoms with E-state index in [1.54, 1.807) is 12.1 Å². The molecule has 0 bridgehead atoms. The maximum Gasteiger partial charge on any atom is 0.128 e. The van der Waals surface area contributed by atoms with Crippen molar-refractivity contribution in [3.8, 4) is 0 Å². The maximum atomic E-state index is 13.9. The number of benzene rings is 1. The van der Waals surface area contributed by atoms with Crippen molar-refractivity contribution < 1.29 is 4.39 Å². The van der Waals surface area contributed by atoms with Gasteiger partial charge >= 0.3 is 0 Å². The molecule has 2 nitrogen and oxygen atoms in total. The minimum Gasteiger partial charge on any atom is -0.312 e. The second-order valence-electron chi connectivity index (χ2n) is 5.69. The molecule has 0 radical (unpaired) electrons. The van der Waals surface area contributed by atoms with Gasteiger partial charge in [0.1, 0.15) is 5.82 Å². The topological polar surface area (TPSA) is 15.3 Å². The van der Waals surface area contributed by atoms with Crippen LogP contribution in [0.15, 0.2) is 24.3 Å². The van der Waals surface area contributed by atoms with Crippen LogP contribution in [0.1, 0.15) is 44.7 Å². The summed E-state index contributed by atoms with van der Waals surface area (Å²) in [5, 5.41) is 3.27. The molecule has 1 aromatic carbocycles. The van der Waals surface area contributed by atoms with Crippen molar-refractivity contribution in [1.82, 2.24) is 10.2 Å². The van der Waals surface area contributed by atoms with Gasteiger partial charge in [0, 0.05) is 30.2 Å². The van der Waals surface area contributed by atoms with Gasteiger partial charge in [0.05, 0.1) is 0 Å². The Balaban J connectivity index is 2.12. The zero-order valence-electron chi connectivity index (χ0n) is 12.2. The first kappa shape index (κ1) is 14.5. The van der Waals surface area contributed by atoms with Crippen molar-refractivity contribution in [2.45, 2.75) is 51.2 Å². The summed E-state index contributed by atoms with van der Waals surface area (Å²) in [5.74, 6) is -0.112. The van der Waals surface area contributed by atoms with E-state index in [9.17, 15) is 4.39 Å². The number of rotatable bonds is 4. The second kappa shape index (κ2) is 6.49. The van der Waals surface area contributed by atoms with Gasteiger partial charge in [-0.2, -0.15) is 0 Å². The lowest BCUT2D eigenvalue weighted by Gasteiger charge is -2.41. The molecule has 1 heterocycles. The molecule has 1 aliphatic heterocycles. The van der Waals surface area contributed by atoms with Crippen LogP contribution in [0.25, 0.3) is 0 Å². The van der Waals surface area contributed by atoms with Crippen molar-refractivity contribution in [1.29, 1.82) is 0 Å². The van der Waals surface area contributed by atoms with Gasteiger partial charge in [-0.3, -0.25) is 4.90 Å². The summed E-state index contributed by atoms with van der Waals surface area (Å²) in [6, 6.07) is 8.32. The molecule has 1 unspecified atom stereocenters. The zero-order valence-corrected chi connectivity index (χ0v) is 12.2. The van der Waals surface area contributed by atoms with Gasteiger partial charge in [-0.05, 0) is 39.8 Å². The molecule has 1 aromatic rings. The second-order valence-corrected chi connectivity index (χ2v) is 5.69. The van der Waals surface area contributed by atoms with Gasteiger partial charge in [-0.25, -0.2) is 4.39 Å². The van der Waals surface area contributed by atoms with Crippen LogP contribution < -0.4 is 5.32 Å². The molecule has 0 saturated carbocycles. The highest BCUT2D eigenvalue weighted by Gasteiger charge is 2.27. The van der Waals surface area contributed by atoms with E-state index >= 15 is 0 Å². The van der Waals surface area contributed by atoms with Gasteiger partial charge in [-0.15, -0.1) is 0 Å². The van der Waals surface area contributed by atoms with Crippen LogP contribution in [0.4, 0.5) is 4.39 Å². The summed E-state index contributed by atoms with van der Waals surface area (Å²) < 4.78 is 13.9. The van der Waals surface area contributed by atoms with E-state index in [0.717, 1.165) is 12.1 Å². The van der Waals surface area contributed by atoms with Crippen LogP contribution in [0.3, 0.4) is 0 Å². The van der Waals surface area contributed by atoms with E-state index in [1.807, 2.05) is 19.2 Å². The Morgan fingerprint density at radius 1 is 1.26 bits per heavy atom. The monoisotopic (exact) mass is 264 g/mol. The fourth-order valence-electron chi connectivity index (χ4n) is 3.15. The first-order valence-electron chi connectivity index (χ1n) is 7.31. The summed E-state index contributed by atoms with van der Waals surface area (Å²) in [6.07, 6.45) is 3.80. The van der Waals surface area contributed by atoms with E-state index < -0.39 is 0 Å². The summed E-state index contributed by atoms with van der Waals surface area (Å²) in [5.41, 5.74) is 0.773. The van der Waals surface area contributed by atoms with E-state index in [0.29, 0.717) is 12.1 Å². The van der Waals surface area contributed by atoms with E-state index in [4.69, 9.17) is 0 Å². The Labute approximate surface area is 116 Å². The number of likely N-dealkylation sites (N-methyl/N-ethyl adjacent to an activating group) is 1. The van der Waals surface area contributed by atoms with E-state index in [-0.39, 0.29) is 11.9 Å². The fourth-order valence-corrected chi connectivity index (χ4v) is 3.15. The molecule has 3 atom stereocenters. The SMILES string of the molecule is CNC(CN1[C@H](C)CCC[C@@H]1C)c1ccccc1F. The Bertz CT molecular complexity index is 397. The largest absolute Gasteiger partial charge is 0.312 e. The number of hydrogen-bond donors (Lipinski definition) is 1. The first-order valence-corrected chi connectivity index (χ1v) is 7.31. The Kier molecular flexibility index (Phi) is 4.94. The highest BCUT2D eigenvalue weighted by molar-refractivity contribution is 5.21. The molecule has 0 spiro atoms. The molecule has 0 aromatic heterocycles. The van der Waals surface area contributed by atoms with Crippen molar-refractivity contribution in [3.63, 3.8) is 0 Å². The van der Waals surface area contributed by atoms with Crippen LogP contribution >= 0.6 is 0 Å². The molecule has 1 N–H and O–H groups in total. The number of hydrogen-bond acceptors (Lipinski definition) is 2. The van der Waals surface area contributed by atoms with Crippen molar-refractivity contribution in [2.24, 2.45) is 0 Å².